The van der Waals surface area contributed by atoms with E-state index in [-0.39, 0.29) is 0 Å². The van der Waals surface area contributed by atoms with Crippen LogP contribution in [0.2, 0.25) is 0 Å². The van der Waals surface area contributed by atoms with Gasteiger partial charge in [-0.25, -0.2) is 4.79 Å². The maximum Gasteiger partial charge on any atom is 0.328 e. The zero-order chi connectivity index (χ0) is 13.7. The summed E-state index contributed by atoms with van der Waals surface area (Å²) in [5, 5.41) is 0. The van der Waals surface area contributed by atoms with Crippen LogP contribution in [0.1, 0.15) is 12.0 Å². The van der Waals surface area contributed by atoms with E-state index >= 15 is 0 Å². The van der Waals surface area contributed by atoms with Crippen molar-refractivity contribution in [1.29, 1.82) is 0 Å². The molecule has 2 N–H and O–H groups in total. The molecule has 0 spiro atoms. The van der Waals surface area contributed by atoms with Gasteiger partial charge in [-0.15, -0.1) is 0 Å². The summed E-state index contributed by atoms with van der Waals surface area (Å²) in [5.74, 6) is -0.0150. The van der Waals surface area contributed by atoms with Crippen molar-refractivity contribution in [2.75, 3.05) is 0 Å². The van der Waals surface area contributed by atoms with E-state index in [0.717, 1.165) is 5.56 Å². The molecule has 1 aliphatic carbocycles. The lowest BCUT2D eigenvalue weighted by molar-refractivity contribution is -0.140. The molecule has 1 aromatic rings. The summed E-state index contributed by atoms with van der Waals surface area (Å²) in [6, 6.07) is 8.93. The molecule has 0 amide bonds. The van der Waals surface area contributed by atoms with Gasteiger partial charge in [-0.1, -0.05) is 54.7 Å². The number of hydrogen-bond donors (Lipinski definition) is 1. The van der Waals surface area contributed by atoms with Gasteiger partial charge in [0.15, 0.2) is 0 Å². The minimum atomic E-state index is -0.683. The second kappa shape index (κ2) is 6.41. The van der Waals surface area contributed by atoms with Gasteiger partial charge >= 0.3 is 5.97 Å². The van der Waals surface area contributed by atoms with E-state index in [0.29, 0.717) is 23.5 Å². The van der Waals surface area contributed by atoms with E-state index < -0.39 is 12.0 Å². The minimum absolute atomic E-state index is 0.436. The van der Waals surface area contributed by atoms with E-state index in [9.17, 15) is 4.79 Å². The number of rotatable bonds is 4. The monoisotopic (exact) mass is 273 g/mol. The van der Waals surface area contributed by atoms with Crippen LogP contribution in [0.15, 0.2) is 54.3 Å². The van der Waals surface area contributed by atoms with E-state index in [4.69, 9.17) is 22.7 Å². The number of ether oxygens (including phenoxy) is 1. The average molecular weight is 273 g/mol. The number of esters is 1. The molecule has 0 saturated carbocycles. The van der Waals surface area contributed by atoms with Crippen molar-refractivity contribution in [2.24, 2.45) is 5.73 Å². The zero-order valence-corrected chi connectivity index (χ0v) is 11.2. The third-order valence-electron chi connectivity index (χ3n) is 2.77. The normalized spacial score (nSPS) is 15.8. The molecule has 0 unspecified atom stereocenters. The van der Waals surface area contributed by atoms with E-state index in [1.807, 2.05) is 42.5 Å². The molecule has 0 radical (unpaired) electrons. The van der Waals surface area contributed by atoms with Gasteiger partial charge in [-0.05, 0) is 18.1 Å². The molecule has 4 heteroatoms. The van der Waals surface area contributed by atoms with Crippen LogP contribution in [0.4, 0.5) is 0 Å². The number of nitrogens with two attached hydrogens (primary N) is 1. The molecule has 2 rings (SSSR count). The molecule has 0 bridgehead atoms. The summed E-state index contributed by atoms with van der Waals surface area (Å²) in [6.45, 7) is 0. The van der Waals surface area contributed by atoms with Gasteiger partial charge < -0.3 is 10.5 Å². The lowest BCUT2D eigenvalue weighted by Gasteiger charge is -2.14. The number of carbonyl (C=O) groups excluding carboxylic acids is 1. The zero-order valence-electron chi connectivity index (χ0n) is 10.4. The van der Waals surface area contributed by atoms with Crippen molar-refractivity contribution in [2.45, 2.75) is 18.9 Å². The summed E-state index contributed by atoms with van der Waals surface area (Å²) < 4.78 is 5.24. The highest BCUT2D eigenvalue weighted by Gasteiger charge is 2.19. The van der Waals surface area contributed by atoms with Gasteiger partial charge in [0.2, 0.25) is 0 Å². The van der Waals surface area contributed by atoms with Crippen LogP contribution in [0, 0.1) is 0 Å². The Morgan fingerprint density at radius 1 is 1.37 bits per heavy atom. The second-order valence-corrected chi connectivity index (χ2v) is 4.80. The van der Waals surface area contributed by atoms with Crippen LogP contribution >= 0.6 is 12.2 Å². The first kappa shape index (κ1) is 13.6. The maximum absolute atomic E-state index is 11.9. The SMILES string of the molecule is N[C@@H](Cc1ccccc1)C(=O)OC1=CC=CCC1=S. The minimum Gasteiger partial charge on any atom is -0.424 e. The molecular weight excluding hydrogens is 258 g/mol. The van der Waals surface area contributed by atoms with Gasteiger partial charge in [0.25, 0.3) is 0 Å². The average Bonchev–Trinajstić information content (AvgIpc) is 2.42. The Balaban J connectivity index is 1.94. The Kier molecular flexibility index (Phi) is 4.60. The number of carbonyl (C=O) groups is 1. The molecule has 1 aromatic carbocycles. The van der Waals surface area contributed by atoms with Gasteiger partial charge in [0.05, 0.1) is 4.86 Å². The molecule has 19 heavy (non-hydrogen) atoms. The molecule has 0 saturated heterocycles. The van der Waals surface area contributed by atoms with Crippen molar-refractivity contribution in [1.82, 2.24) is 0 Å². The fourth-order valence-corrected chi connectivity index (χ4v) is 1.96. The third kappa shape index (κ3) is 3.84. The van der Waals surface area contributed by atoms with Crippen LogP contribution in [-0.4, -0.2) is 16.9 Å². The molecule has 1 aliphatic rings. The molecule has 3 nitrogen and oxygen atoms in total. The lowest BCUT2D eigenvalue weighted by atomic mass is 10.1. The molecular formula is C15H15NO2S. The smallest absolute Gasteiger partial charge is 0.328 e. The summed E-state index contributed by atoms with van der Waals surface area (Å²) in [6.07, 6.45) is 6.52. The highest BCUT2D eigenvalue weighted by Crippen LogP contribution is 2.13. The predicted molar refractivity (Wildman–Crippen MR) is 78.7 cm³/mol. The summed E-state index contributed by atoms with van der Waals surface area (Å²) in [7, 11) is 0. The molecule has 98 valence electrons. The van der Waals surface area contributed by atoms with Crippen molar-refractivity contribution in [3.05, 3.63) is 59.9 Å². The number of allylic oxidation sites excluding steroid dienone is 4. The topological polar surface area (TPSA) is 52.3 Å². The van der Waals surface area contributed by atoms with E-state index in [2.05, 4.69) is 0 Å². The van der Waals surface area contributed by atoms with Gasteiger partial charge in [0.1, 0.15) is 11.8 Å². The lowest BCUT2D eigenvalue weighted by Crippen LogP contribution is -2.34. The first-order valence-electron chi connectivity index (χ1n) is 6.08. The van der Waals surface area contributed by atoms with Crippen molar-refractivity contribution in [3.8, 4) is 0 Å². The molecule has 0 aromatic heterocycles. The van der Waals surface area contributed by atoms with Crippen molar-refractivity contribution >= 4 is 23.1 Å². The fraction of sp³-hybridized carbons (Fsp3) is 0.200. The van der Waals surface area contributed by atoms with Crippen LogP contribution < -0.4 is 5.73 Å². The summed E-state index contributed by atoms with van der Waals surface area (Å²) >= 11 is 5.12. The Morgan fingerprint density at radius 3 is 2.79 bits per heavy atom. The van der Waals surface area contributed by atoms with E-state index in [1.165, 1.54) is 0 Å². The molecule has 0 fully saturated rings. The largest absolute Gasteiger partial charge is 0.424 e. The first-order valence-corrected chi connectivity index (χ1v) is 6.49. The number of hydrogen-bond acceptors (Lipinski definition) is 4. The predicted octanol–water partition coefficient (Wildman–Crippen LogP) is 2.31. The molecule has 0 heterocycles. The molecule has 0 aliphatic heterocycles. The van der Waals surface area contributed by atoms with Crippen LogP contribution in [0.3, 0.4) is 0 Å². The highest BCUT2D eigenvalue weighted by molar-refractivity contribution is 7.80. The van der Waals surface area contributed by atoms with Crippen LogP contribution in [-0.2, 0) is 16.0 Å². The third-order valence-corrected chi connectivity index (χ3v) is 3.14. The second-order valence-electron chi connectivity index (χ2n) is 4.30. The number of benzene rings is 1. The van der Waals surface area contributed by atoms with Gasteiger partial charge in [0, 0.05) is 6.42 Å². The maximum atomic E-state index is 11.9. The fourth-order valence-electron chi connectivity index (χ4n) is 1.75. The summed E-state index contributed by atoms with van der Waals surface area (Å²) in [4.78, 5) is 12.5. The quantitative estimate of drug-likeness (QED) is 0.675. The van der Waals surface area contributed by atoms with Gasteiger partial charge in [-0.3, -0.25) is 0 Å². The Labute approximate surface area is 117 Å². The first-order chi connectivity index (χ1) is 9.16. The van der Waals surface area contributed by atoms with Crippen LogP contribution in [0.25, 0.3) is 0 Å². The number of thiocarbonyl (C=S) groups is 1. The van der Waals surface area contributed by atoms with Crippen LogP contribution in [0.5, 0.6) is 0 Å². The van der Waals surface area contributed by atoms with Crippen molar-refractivity contribution < 1.29 is 9.53 Å². The standard InChI is InChI=1S/C15H15NO2S/c16-12(10-11-6-2-1-3-7-11)15(17)18-13-8-4-5-9-14(13)19/h1-8,12H,9-10,16H2/t12-/m0/s1. The Morgan fingerprint density at radius 2 is 2.11 bits per heavy atom. The Hall–Kier alpha value is -1.78. The highest BCUT2D eigenvalue weighted by atomic mass is 32.1. The van der Waals surface area contributed by atoms with Crippen molar-refractivity contribution in [3.63, 3.8) is 0 Å². The molecule has 1 atom stereocenters. The Bertz CT molecular complexity index is 534. The summed E-state index contributed by atoms with van der Waals surface area (Å²) in [5.41, 5.74) is 6.86. The van der Waals surface area contributed by atoms with E-state index in [1.54, 1.807) is 6.08 Å². The van der Waals surface area contributed by atoms with Gasteiger partial charge in [-0.2, -0.15) is 0 Å².